The number of para-hydroxylation sites is 1. The van der Waals surface area contributed by atoms with Gasteiger partial charge in [-0.1, -0.05) is 36.0 Å². The molecule has 1 atom stereocenters. The molecule has 0 radical (unpaired) electrons. The number of fused-ring (bicyclic) bond motifs is 1. The van der Waals surface area contributed by atoms with E-state index in [1.165, 1.54) is 42.1 Å². The lowest BCUT2D eigenvalue weighted by molar-refractivity contribution is -0.115. The number of aromatic nitrogens is 3. The van der Waals surface area contributed by atoms with Gasteiger partial charge < -0.3 is 9.84 Å². The molecule has 0 aliphatic heterocycles. The standard InChI is InChI=1S/C24H25N5O5S2/c1-4-20(35-24-26-19-9-7-6-8-18(19)23(31)29(24)5-2)22(30)25-16-10-12-17(13-11-16)36(32,33)28-21-14-15(3)34-27-21/h6-14,20H,4-5H2,1-3H3,(H,25,30)(H,27,28). The van der Waals surface area contributed by atoms with Crippen molar-refractivity contribution in [1.29, 1.82) is 0 Å². The molecule has 36 heavy (non-hydrogen) atoms. The first-order chi connectivity index (χ1) is 17.2. The van der Waals surface area contributed by atoms with Gasteiger partial charge in [-0.25, -0.2) is 13.4 Å². The summed E-state index contributed by atoms with van der Waals surface area (Å²) >= 11 is 1.22. The van der Waals surface area contributed by atoms with Gasteiger partial charge in [0.05, 0.1) is 21.0 Å². The first kappa shape index (κ1) is 25.5. The van der Waals surface area contributed by atoms with Crippen LogP contribution in [0.25, 0.3) is 10.9 Å². The van der Waals surface area contributed by atoms with Gasteiger partial charge in [-0.15, -0.1) is 0 Å². The summed E-state index contributed by atoms with van der Waals surface area (Å²) in [6.07, 6.45) is 0.496. The molecule has 0 aliphatic rings. The number of hydrogen-bond acceptors (Lipinski definition) is 8. The van der Waals surface area contributed by atoms with Gasteiger partial charge in [0, 0.05) is 18.3 Å². The van der Waals surface area contributed by atoms with E-state index in [1.54, 1.807) is 29.7 Å². The lowest BCUT2D eigenvalue weighted by Crippen LogP contribution is -2.28. The van der Waals surface area contributed by atoms with E-state index in [0.717, 1.165) is 0 Å². The molecule has 0 fully saturated rings. The summed E-state index contributed by atoms with van der Waals surface area (Å²) in [6.45, 7) is 5.81. The van der Waals surface area contributed by atoms with Gasteiger partial charge in [0.15, 0.2) is 11.0 Å². The van der Waals surface area contributed by atoms with E-state index >= 15 is 0 Å². The van der Waals surface area contributed by atoms with E-state index in [9.17, 15) is 18.0 Å². The molecule has 0 saturated heterocycles. The fourth-order valence-electron chi connectivity index (χ4n) is 3.52. The molecule has 188 valence electrons. The molecule has 2 N–H and O–H groups in total. The third kappa shape index (κ3) is 5.44. The summed E-state index contributed by atoms with van der Waals surface area (Å²) in [7, 11) is -3.87. The molecule has 2 aromatic carbocycles. The van der Waals surface area contributed by atoms with Gasteiger partial charge >= 0.3 is 0 Å². The number of hydrogen-bond donors (Lipinski definition) is 2. The first-order valence-corrected chi connectivity index (χ1v) is 13.6. The zero-order valence-corrected chi connectivity index (χ0v) is 21.5. The van der Waals surface area contributed by atoms with Crippen LogP contribution in [0.2, 0.25) is 0 Å². The Kier molecular flexibility index (Phi) is 7.45. The Morgan fingerprint density at radius 3 is 2.50 bits per heavy atom. The molecule has 0 bridgehead atoms. The number of rotatable bonds is 9. The predicted octanol–water partition coefficient (Wildman–Crippen LogP) is 4.02. The SMILES string of the molecule is CCC(Sc1nc2ccccc2c(=O)n1CC)C(=O)Nc1ccc(S(=O)(=O)Nc2cc(C)on2)cc1. The molecule has 2 aromatic heterocycles. The fraction of sp³-hybridized carbons (Fsp3) is 0.250. The van der Waals surface area contributed by atoms with E-state index in [2.05, 4.69) is 20.2 Å². The highest BCUT2D eigenvalue weighted by molar-refractivity contribution is 8.00. The predicted molar refractivity (Wildman–Crippen MR) is 139 cm³/mol. The molecule has 4 aromatic rings. The van der Waals surface area contributed by atoms with Crippen molar-refractivity contribution in [3.8, 4) is 0 Å². The number of nitrogens with one attached hydrogen (secondary N) is 2. The van der Waals surface area contributed by atoms with E-state index in [1.807, 2.05) is 19.9 Å². The van der Waals surface area contributed by atoms with Gasteiger partial charge in [-0.2, -0.15) is 0 Å². The molecule has 4 rings (SSSR count). The molecule has 0 spiro atoms. The van der Waals surface area contributed by atoms with E-state index in [0.29, 0.717) is 40.5 Å². The highest BCUT2D eigenvalue weighted by Gasteiger charge is 2.22. The van der Waals surface area contributed by atoms with Crippen LogP contribution in [-0.4, -0.2) is 34.3 Å². The summed E-state index contributed by atoms with van der Waals surface area (Å²) in [5.41, 5.74) is 0.873. The van der Waals surface area contributed by atoms with Crippen molar-refractivity contribution in [1.82, 2.24) is 14.7 Å². The normalized spacial score (nSPS) is 12.4. The Balaban J connectivity index is 1.49. The summed E-state index contributed by atoms with van der Waals surface area (Å²) in [4.78, 5) is 30.5. The van der Waals surface area contributed by atoms with Crippen molar-refractivity contribution in [3.63, 3.8) is 0 Å². The minimum absolute atomic E-state index is 0.00916. The molecule has 10 nitrogen and oxygen atoms in total. The number of carbonyl (C=O) groups is 1. The molecule has 12 heteroatoms. The zero-order chi connectivity index (χ0) is 25.9. The third-order valence-corrected chi connectivity index (χ3v) is 8.08. The largest absolute Gasteiger partial charge is 0.360 e. The van der Waals surface area contributed by atoms with Crippen LogP contribution in [0.1, 0.15) is 26.0 Å². The number of anilines is 2. The molecular weight excluding hydrogens is 502 g/mol. The molecule has 0 saturated carbocycles. The number of aryl methyl sites for hydroxylation is 1. The Bertz CT molecular complexity index is 1560. The smallest absolute Gasteiger partial charge is 0.263 e. The van der Waals surface area contributed by atoms with Crippen LogP contribution in [0.4, 0.5) is 11.5 Å². The van der Waals surface area contributed by atoms with Gasteiger partial charge in [-0.3, -0.25) is 18.9 Å². The van der Waals surface area contributed by atoms with Crippen molar-refractivity contribution in [2.24, 2.45) is 0 Å². The number of carbonyl (C=O) groups excluding carboxylic acids is 1. The average molecular weight is 528 g/mol. The Morgan fingerprint density at radius 1 is 1.14 bits per heavy atom. The molecular formula is C24H25N5O5S2. The topological polar surface area (TPSA) is 136 Å². The number of nitrogens with zero attached hydrogens (tertiary/aromatic N) is 3. The number of benzene rings is 2. The average Bonchev–Trinajstić information content (AvgIpc) is 3.26. The first-order valence-electron chi connectivity index (χ1n) is 11.2. The van der Waals surface area contributed by atoms with E-state index in [-0.39, 0.29) is 22.2 Å². The maximum absolute atomic E-state index is 13.0. The molecule has 0 aliphatic carbocycles. The molecule has 1 amide bonds. The van der Waals surface area contributed by atoms with Crippen LogP contribution < -0.4 is 15.6 Å². The summed E-state index contributed by atoms with van der Waals surface area (Å²) in [6, 6.07) is 14.4. The second-order valence-corrected chi connectivity index (χ2v) is 10.8. The minimum Gasteiger partial charge on any atom is -0.360 e. The van der Waals surface area contributed by atoms with Crippen molar-refractivity contribution in [3.05, 3.63) is 70.7 Å². The second-order valence-electron chi connectivity index (χ2n) is 7.92. The molecule has 2 heterocycles. The monoisotopic (exact) mass is 527 g/mol. The summed E-state index contributed by atoms with van der Waals surface area (Å²) in [5.74, 6) is 0.281. The Labute approximate surface area is 212 Å². The Hall–Kier alpha value is -3.64. The van der Waals surface area contributed by atoms with Gasteiger partial charge in [-0.05, 0) is 56.7 Å². The van der Waals surface area contributed by atoms with Crippen LogP contribution in [0, 0.1) is 6.92 Å². The van der Waals surface area contributed by atoms with Gasteiger partial charge in [0.1, 0.15) is 5.76 Å². The van der Waals surface area contributed by atoms with Crippen LogP contribution in [0.3, 0.4) is 0 Å². The van der Waals surface area contributed by atoms with Crippen molar-refractivity contribution < 1.29 is 17.7 Å². The van der Waals surface area contributed by atoms with E-state index in [4.69, 9.17) is 4.52 Å². The number of amides is 1. The fourth-order valence-corrected chi connectivity index (χ4v) is 5.58. The maximum Gasteiger partial charge on any atom is 0.263 e. The summed E-state index contributed by atoms with van der Waals surface area (Å²) in [5, 5.41) is 6.93. The van der Waals surface area contributed by atoms with Crippen LogP contribution in [0.15, 0.2) is 74.0 Å². The number of thioether (sulfide) groups is 1. The van der Waals surface area contributed by atoms with Crippen molar-refractivity contribution in [2.75, 3.05) is 10.0 Å². The zero-order valence-electron chi connectivity index (χ0n) is 19.9. The van der Waals surface area contributed by atoms with Crippen molar-refractivity contribution in [2.45, 2.75) is 49.0 Å². The van der Waals surface area contributed by atoms with Gasteiger partial charge in [0.2, 0.25) is 5.91 Å². The van der Waals surface area contributed by atoms with Gasteiger partial charge in [0.25, 0.3) is 15.6 Å². The van der Waals surface area contributed by atoms with Crippen LogP contribution >= 0.6 is 11.8 Å². The highest BCUT2D eigenvalue weighted by atomic mass is 32.2. The third-order valence-electron chi connectivity index (χ3n) is 5.35. The highest BCUT2D eigenvalue weighted by Crippen LogP contribution is 2.26. The van der Waals surface area contributed by atoms with Crippen LogP contribution in [0.5, 0.6) is 0 Å². The molecule has 1 unspecified atom stereocenters. The van der Waals surface area contributed by atoms with Crippen LogP contribution in [-0.2, 0) is 21.4 Å². The number of sulfonamides is 1. The minimum atomic E-state index is -3.87. The lowest BCUT2D eigenvalue weighted by Gasteiger charge is -2.17. The second kappa shape index (κ2) is 10.5. The lowest BCUT2D eigenvalue weighted by atomic mass is 10.2. The maximum atomic E-state index is 13.0. The van der Waals surface area contributed by atoms with E-state index < -0.39 is 15.3 Å². The summed E-state index contributed by atoms with van der Waals surface area (Å²) < 4.78 is 33.9. The Morgan fingerprint density at radius 2 is 1.86 bits per heavy atom. The quantitative estimate of drug-likeness (QED) is 0.246. The van der Waals surface area contributed by atoms with Crippen molar-refractivity contribution >= 4 is 50.1 Å².